The number of methoxy groups -OCH3 is 1. The van der Waals surface area contributed by atoms with E-state index in [0.29, 0.717) is 35.5 Å². The van der Waals surface area contributed by atoms with Crippen molar-refractivity contribution in [1.82, 2.24) is 4.90 Å². The molecule has 0 unspecified atom stereocenters. The number of carbonyl (C=O) groups excluding carboxylic acids is 2. The summed E-state index contributed by atoms with van der Waals surface area (Å²) in [4.78, 5) is 25.8. The van der Waals surface area contributed by atoms with E-state index in [1.54, 1.807) is 25.3 Å². The molecule has 1 fully saturated rings. The van der Waals surface area contributed by atoms with Crippen LogP contribution in [0.1, 0.15) is 27.2 Å². The molecule has 2 rings (SSSR count). The van der Waals surface area contributed by atoms with Crippen molar-refractivity contribution < 1.29 is 14.3 Å². The first-order valence-electron chi connectivity index (χ1n) is 8.35. The summed E-state index contributed by atoms with van der Waals surface area (Å²) in [6, 6.07) is 5.18. The van der Waals surface area contributed by atoms with Crippen LogP contribution in [0.5, 0.6) is 5.75 Å². The van der Waals surface area contributed by atoms with Crippen LogP contribution in [0, 0.1) is 11.8 Å². The molecule has 1 heterocycles. The van der Waals surface area contributed by atoms with Crippen molar-refractivity contribution >= 4 is 23.2 Å². The Balaban J connectivity index is 2.03. The van der Waals surface area contributed by atoms with E-state index in [2.05, 4.69) is 29.4 Å². The van der Waals surface area contributed by atoms with Crippen molar-refractivity contribution in [2.45, 2.75) is 27.2 Å². The molecular weight excluding hydrogens is 306 g/mol. The fourth-order valence-corrected chi connectivity index (χ4v) is 3.40. The first kappa shape index (κ1) is 18.3. The third-order valence-corrected chi connectivity index (χ3v) is 4.11. The van der Waals surface area contributed by atoms with E-state index >= 15 is 0 Å². The van der Waals surface area contributed by atoms with Gasteiger partial charge < -0.3 is 15.4 Å². The van der Waals surface area contributed by atoms with Crippen LogP contribution in [0.25, 0.3) is 0 Å². The molecule has 0 spiro atoms. The van der Waals surface area contributed by atoms with Crippen molar-refractivity contribution in [2.24, 2.45) is 11.8 Å². The molecule has 1 aliphatic rings. The predicted octanol–water partition coefficient (Wildman–Crippen LogP) is 2.57. The largest absolute Gasteiger partial charge is 0.495 e. The number of rotatable bonds is 5. The maximum Gasteiger partial charge on any atom is 0.238 e. The van der Waals surface area contributed by atoms with Crippen molar-refractivity contribution in [3.8, 4) is 5.75 Å². The van der Waals surface area contributed by atoms with Crippen LogP contribution in [-0.4, -0.2) is 43.5 Å². The highest BCUT2D eigenvalue weighted by Crippen LogP contribution is 2.28. The van der Waals surface area contributed by atoms with Gasteiger partial charge >= 0.3 is 0 Å². The number of likely N-dealkylation sites (tertiary alicyclic amines) is 1. The number of piperidine rings is 1. The second-order valence-electron chi connectivity index (χ2n) is 6.78. The van der Waals surface area contributed by atoms with Crippen LogP contribution in [0.2, 0.25) is 0 Å². The molecule has 6 nitrogen and oxygen atoms in total. The minimum Gasteiger partial charge on any atom is -0.495 e. The van der Waals surface area contributed by atoms with Crippen molar-refractivity contribution in [3.63, 3.8) is 0 Å². The lowest BCUT2D eigenvalue weighted by molar-refractivity contribution is -0.118. The van der Waals surface area contributed by atoms with Crippen molar-refractivity contribution in [3.05, 3.63) is 18.2 Å². The lowest BCUT2D eigenvalue weighted by atomic mass is 9.92. The summed E-state index contributed by atoms with van der Waals surface area (Å²) in [5, 5.41) is 5.60. The predicted molar refractivity (Wildman–Crippen MR) is 95.3 cm³/mol. The first-order chi connectivity index (χ1) is 11.4. The summed E-state index contributed by atoms with van der Waals surface area (Å²) in [5.74, 6) is 1.56. The molecule has 0 bridgehead atoms. The van der Waals surface area contributed by atoms with Gasteiger partial charge in [-0.15, -0.1) is 0 Å². The number of carbonyl (C=O) groups is 2. The number of ether oxygens (including phenoxy) is 1. The zero-order chi connectivity index (χ0) is 17.7. The fourth-order valence-electron chi connectivity index (χ4n) is 3.40. The van der Waals surface area contributed by atoms with E-state index in [9.17, 15) is 9.59 Å². The van der Waals surface area contributed by atoms with Gasteiger partial charge in [0.25, 0.3) is 0 Å². The smallest absolute Gasteiger partial charge is 0.238 e. The Kier molecular flexibility index (Phi) is 6.20. The Bertz CT molecular complexity index is 593. The average molecular weight is 333 g/mol. The van der Waals surface area contributed by atoms with Gasteiger partial charge in [-0.1, -0.05) is 13.8 Å². The first-order valence-corrected chi connectivity index (χ1v) is 8.35. The van der Waals surface area contributed by atoms with E-state index in [4.69, 9.17) is 4.74 Å². The molecule has 1 aromatic rings. The van der Waals surface area contributed by atoms with Gasteiger partial charge in [0.15, 0.2) is 0 Å². The van der Waals surface area contributed by atoms with Gasteiger partial charge in [-0.25, -0.2) is 0 Å². The number of amides is 2. The van der Waals surface area contributed by atoms with E-state index in [1.165, 1.54) is 13.3 Å². The summed E-state index contributed by atoms with van der Waals surface area (Å²) in [5.41, 5.74) is 1.19. The fraction of sp³-hybridized carbons (Fsp3) is 0.556. The molecule has 2 atom stereocenters. The Morgan fingerprint density at radius 3 is 2.46 bits per heavy atom. The molecule has 2 N–H and O–H groups in total. The molecule has 0 saturated carbocycles. The van der Waals surface area contributed by atoms with Crippen LogP contribution in [-0.2, 0) is 9.59 Å². The summed E-state index contributed by atoms with van der Waals surface area (Å²) >= 11 is 0. The molecule has 2 amide bonds. The lowest BCUT2D eigenvalue weighted by Gasteiger charge is -2.34. The van der Waals surface area contributed by atoms with Crippen molar-refractivity contribution in [1.29, 1.82) is 0 Å². The molecule has 0 radical (unpaired) electrons. The minimum atomic E-state index is -0.159. The standard InChI is InChI=1S/C18H27N3O3/c1-12-7-13(2)10-21(9-12)11-18(23)20-16-8-15(19-14(3)22)5-6-17(16)24-4/h5-6,8,12-13H,7,9-11H2,1-4H3,(H,19,22)(H,20,23)/t12-,13-/m1/s1. The zero-order valence-corrected chi connectivity index (χ0v) is 14.9. The molecule has 0 aliphatic carbocycles. The van der Waals surface area contributed by atoms with Gasteiger partial charge in [0, 0.05) is 25.7 Å². The Morgan fingerprint density at radius 1 is 1.21 bits per heavy atom. The number of nitrogens with zero attached hydrogens (tertiary/aromatic N) is 1. The van der Waals surface area contributed by atoms with Crippen molar-refractivity contribution in [2.75, 3.05) is 37.4 Å². The number of nitrogens with one attached hydrogen (secondary N) is 2. The highest BCUT2D eigenvalue weighted by molar-refractivity contribution is 5.95. The van der Waals surface area contributed by atoms with E-state index < -0.39 is 0 Å². The summed E-state index contributed by atoms with van der Waals surface area (Å²) < 4.78 is 5.29. The molecule has 0 aromatic heterocycles. The van der Waals surface area contributed by atoms with E-state index in [-0.39, 0.29) is 11.8 Å². The normalized spacial score (nSPS) is 21.2. The number of anilines is 2. The third kappa shape index (κ3) is 5.23. The number of hydrogen-bond acceptors (Lipinski definition) is 4. The summed E-state index contributed by atoms with van der Waals surface area (Å²) in [7, 11) is 1.55. The molecule has 132 valence electrons. The number of benzene rings is 1. The summed E-state index contributed by atoms with van der Waals surface area (Å²) in [6.45, 7) is 8.14. The highest BCUT2D eigenvalue weighted by atomic mass is 16.5. The van der Waals surface area contributed by atoms with Crippen LogP contribution in [0.15, 0.2) is 18.2 Å². The van der Waals surface area contributed by atoms with Gasteiger partial charge in [0.2, 0.25) is 11.8 Å². The van der Waals surface area contributed by atoms with E-state index in [1.807, 2.05) is 0 Å². The topological polar surface area (TPSA) is 70.7 Å². The second-order valence-corrected chi connectivity index (χ2v) is 6.78. The SMILES string of the molecule is COc1ccc(NC(C)=O)cc1NC(=O)CN1C[C@H](C)C[C@@H](C)C1. The monoisotopic (exact) mass is 333 g/mol. The van der Waals surface area contributed by atoms with Gasteiger partial charge in [-0.2, -0.15) is 0 Å². The number of hydrogen-bond donors (Lipinski definition) is 2. The van der Waals surface area contributed by atoms with Gasteiger partial charge in [0.1, 0.15) is 5.75 Å². The third-order valence-electron chi connectivity index (χ3n) is 4.11. The Morgan fingerprint density at radius 2 is 1.88 bits per heavy atom. The van der Waals surface area contributed by atoms with Gasteiger partial charge in [0.05, 0.1) is 19.3 Å². The average Bonchev–Trinajstić information content (AvgIpc) is 2.45. The molecule has 1 aromatic carbocycles. The Labute approximate surface area is 143 Å². The quantitative estimate of drug-likeness (QED) is 0.869. The molecule has 6 heteroatoms. The lowest BCUT2D eigenvalue weighted by Crippen LogP contribution is -2.42. The van der Waals surface area contributed by atoms with Crippen LogP contribution >= 0.6 is 0 Å². The second kappa shape index (κ2) is 8.15. The minimum absolute atomic E-state index is 0.0745. The van der Waals surface area contributed by atoms with Gasteiger partial charge in [-0.3, -0.25) is 14.5 Å². The molecule has 24 heavy (non-hydrogen) atoms. The maximum atomic E-state index is 12.4. The molecule has 1 saturated heterocycles. The van der Waals surface area contributed by atoms with E-state index in [0.717, 1.165) is 13.1 Å². The zero-order valence-electron chi connectivity index (χ0n) is 14.9. The summed E-state index contributed by atoms with van der Waals surface area (Å²) in [6.07, 6.45) is 1.21. The maximum absolute atomic E-state index is 12.4. The van der Waals surface area contributed by atoms with Crippen LogP contribution < -0.4 is 15.4 Å². The van der Waals surface area contributed by atoms with Crippen LogP contribution in [0.3, 0.4) is 0 Å². The van der Waals surface area contributed by atoms with Crippen LogP contribution in [0.4, 0.5) is 11.4 Å². The molecule has 1 aliphatic heterocycles. The molecular formula is C18H27N3O3. The Hall–Kier alpha value is -2.08. The van der Waals surface area contributed by atoms with Gasteiger partial charge in [-0.05, 0) is 36.5 Å². The highest BCUT2D eigenvalue weighted by Gasteiger charge is 2.23.